The maximum absolute atomic E-state index is 12.7. The summed E-state index contributed by atoms with van der Waals surface area (Å²) in [7, 11) is 3.03. The molecule has 0 spiro atoms. The Morgan fingerprint density at radius 2 is 1.08 bits per heavy atom. The first-order valence-corrected chi connectivity index (χ1v) is 18.2. The van der Waals surface area contributed by atoms with Crippen molar-refractivity contribution in [2.75, 3.05) is 34.0 Å². The van der Waals surface area contributed by atoms with E-state index in [4.69, 9.17) is 23.7 Å². The topological polar surface area (TPSA) is 118 Å². The van der Waals surface area contributed by atoms with Crippen LogP contribution < -0.4 is 9.47 Å². The average molecular weight is 723 g/mol. The fourth-order valence-corrected chi connectivity index (χ4v) is 7.41. The summed E-state index contributed by atoms with van der Waals surface area (Å²) in [6, 6.07) is 21.4. The molecule has 0 saturated heterocycles. The number of hydrogen-bond donors (Lipinski definition) is 1. The maximum Gasteiger partial charge on any atom is 0.341 e. The Balaban J connectivity index is 1.25. The molecule has 0 aromatic heterocycles. The highest BCUT2D eigenvalue weighted by atomic mass is 16.6. The molecule has 0 amide bonds. The molecule has 2 aliphatic rings. The second kappa shape index (κ2) is 18.8. The van der Waals surface area contributed by atoms with Crippen LogP contribution in [0.4, 0.5) is 0 Å². The molecule has 2 aliphatic carbocycles. The van der Waals surface area contributed by atoms with Crippen LogP contribution in [0.25, 0.3) is 22.3 Å². The summed E-state index contributed by atoms with van der Waals surface area (Å²) in [5.74, 6) is 0.785. The van der Waals surface area contributed by atoms with Gasteiger partial charge in [-0.3, -0.25) is 0 Å². The Bertz CT molecular complexity index is 1770. The van der Waals surface area contributed by atoms with E-state index in [2.05, 4.69) is 37.9 Å². The Hall–Kier alpha value is -4.83. The Labute approximate surface area is 312 Å². The second-order valence-electron chi connectivity index (χ2n) is 14.0. The van der Waals surface area contributed by atoms with E-state index in [0.29, 0.717) is 28.9 Å². The molecule has 3 aromatic carbocycles. The van der Waals surface area contributed by atoms with E-state index in [-0.39, 0.29) is 42.4 Å². The van der Waals surface area contributed by atoms with Crippen molar-refractivity contribution in [2.45, 2.75) is 63.4 Å². The lowest BCUT2D eigenvalue weighted by Crippen LogP contribution is -2.30. The summed E-state index contributed by atoms with van der Waals surface area (Å²) in [4.78, 5) is 37.2. The molecule has 0 atom stereocenters. The van der Waals surface area contributed by atoms with Crippen LogP contribution in [0.3, 0.4) is 0 Å². The molecule has 0 bridgehead atoms. The number of esters is 3. The number of carbonyl (C=O) groups is 3. The zero-order valence-electron chi connectivity index (χ0n) is 30.8. The monoisotopic (exact) mass is 722 g/mol. The van der Waals surface area contributed by atoms with Crippen LogP contribution in [0.15, 0.2) is 103 Å². The zero-order valence-corrected chi connectivity index (χ0v) is 30.8. The third kappa shape index (κ3) is 10.4. The molecule has 2 saturated carbocycles. The fourth-order valence-electron chi connectivity index (χ4n) is 7.41. The van der Waals surface area contributed by atoms with E-state index in [0.717, 1.165) is 79.2 Å². The lowest BCUT2D eigenvalue weighted by molar-refractivity contribution is -0.147. The van der Waals surface area contributed by atoms with Crippen LogP contribution in [0, 0.1) is 11.8 Å². The number of ether oxygens (including phenoxy) is 5. The van der Waals surface area contributed by atoms with E-state index in [1.807, 2.05) is 36.4 Å². The SMILES string of the molecule is C=C(COC)C(=O)Oc1ccc(-c2ccc(-c3ccc(OC(=O)C(=C)CO)c(C4CCC(C5CCC(OC(=O)C(=C)COC)CC5)CC4)c3)cc2)cc1. The third-order valence-electron chi connectivity index (χ3n) is 10.4. The van der Waals surface area contributed by atoms with Crippen LogP contribution in [-0.4, -0.2) is 63.2 Å². The van der Waals surface area contributed by atoms with Crippen molar-refractivity contribution in [2.24, 2.45) is 11.8 Å². The van der Waals surface area contributed by atoms with Crippen LogP contribution in [0.5, 0.6) is 11.5 Å². The molecular formula is C44H50O9. The van der Waals surface area contributed by atoms with Gasteiger partial charge in [-0.15, -0.1) is 0 Å². The minimum absolute atomic E-state index is 0.00589. The van der Waals surface area contributed by atoms with Crippen LogP contribution >= 0.6 is 0 Å². The quantitative estimate of drug-likeness (QED) is 0.0942. The first-order valence-electron chi connectivity index (χ1n) is 18.2. The summed E-state index contributed by atoms with van der Waals surface area (Å²) in [6.07, 6.45) is 7.79. The fraction of sp³-hybridized carbons (Fsp3) is 0.386. The molecule has 0 unspecified atom stereocenters. The number of carbonyl (C=O) groups excluding carboxylic acids is 3. The van der Waals surface area contributed by atoms with Gasteiger partial charge in [-0.25, -0.2) is 14.4 Å². The third-order valence-corrected chi connectivity index (χ3v) is 10.4. The van der Waals surface area contributed by atoms with E-state index >= 15 is 0 Å². The van der Waals surface area contributed by atoms with Crippen molar-refractivity contribution in [3.05, 3.63) is 109 Å². The first-order chi connectivity index (χ1) is 25.6. The lowest BCUT2D eigenvalue weighted by atomic mass is 9.69. The lowest BCUT2D eigenvalue weighted by Gasteiger charge is -2.38. The summed E-state index contributed by atoms with van der Waals surface area (Å²) < 4.78 is 26.8. The maximum atomic E-state index is 12.7. The molecule has 9 heteroatoms. The molecule has 5 rings (SSSR count). The standard InChI is InChI=1S/C44H50O9/c1-28(25-45)42(46)53-41-23-18-37(35-8-6-31(7-9-35)33-14-19-38(20-15-33)51-43(47)29(2)26-49-4)24-40(41)36-12-10-32(11-13-36)34-16-21-39(22-17-34)52-44(48)30(3)27-50-5/h6-9,14-15,18-20,23-24,32,34,36,39,45H,1-3,10-13,16-17,21-22,25-27H2,4-5H3. The zero-order chi connectivity index (χ0) is 37.9. The van der Waals surface area contributed by atoms with Crippen molar-refractivity contribution < 1.29 is 43.2 Å². The molecule has 2 fully saturated rings. The largest absolute Gasteiger partial charge is 0.459 e. The van der Waals surface area contributed by atoms with Crippen LogP contribution in [0.1, 0.15) is 62.8 Å². The van der Waals surface area contributed by atoms with Crippen molar-refractivity contribution in [3.8, 4) is 33.8 Å². The molecule has 0 heterocycles. The summed E-state index contributed by atoms with van der Waals surface area (Å²) in [6.45, 7) is 10.9. The van der Waals surface area contributed by atoms with Gasteiger partial charge in [-0.1, -0.05) is 62.2 Å². The van der Waals surface area contributed by atoms with Crippen molar-refractivity contribution >= 4 is 17.9 Å². The number of aliphatic hydroxyl groups is 1. The van der Waals surface area contributed by atoms with Gasteiger partial charge in [0.2, 0.25) is 0 Å². The summed E-state index contributed by atoms with van der Waals surface area (Å²) in [5, 5.41) is 9.48. The molecule has 0 aliphatic heterocycles. The van der Waals surface area contributed by atoms with Gasteiger partial charge in [0.05, 0.1) is 36.5 Å². The number of benzene rings is 3. The molecular weight excluding hydrogens is 672 g/mol. The van der Waals surface area contributed by atoms with Gasteiger partial charge in [0.15, 0.2) is 0 Å². The molecule has 1 N–H and O–H groups in total. The van der Waals surface area contributed by atoms with E-state index < -0.39 is 18.5 Å². The van der Waals surface area contributed by atoms with Gasteiger partial charge in [-0.05, 0) is 121 Å². The predicted octanol–water partition coefficient (Wildman–Crippen LogP) is 8.16. The van der Waals surface area contributed by atoms with Crippen LogP contribution in [-0.2, 0) is 28.6 Å². The van der Waals surface area contributed by atoms with Crippen molar-refractivity contribution in [1.29, 1.82) is 0 Å². The molecule has 9 nitrogen and oxygen atoms in total. The Morgan fingerprint density at radius 3 is 1.62 bits per heavy atom. The smallest absolute Gasteiger partial charge is 0.341 e. The van der Waals surface area contributed by atoms with Gasteiger partial charge in [-0.2, -0.15) is 0 Å². The second-order valence-corrected chi connectivity index (χ2v) is 14.0. The average Bonchev–Trinajstić information content (AvgIpc) is 3.18. The Morgan fingerprint density at radius 1 is 0.604 bits per heavy atom. The van der Waals surface area contributed by atoms with Gasteiger partial charge in [0, 0.05) is 14.2 Å². The highest BCUT2D eigenvalue weighted by Gasteiger charge is 2.33. The molecule has 280 valence electrons. The number of aliphatic hydroxyl groups excluding tert-OH is 1. The highest BCUT2D eigenvalue weighted by Crippen LogP contribution is 2.46. The van der Waals surface area contributed by atoms with E-state index in [1.54, 1.807) is 12.1 Å². The van der Waals surface area contributed by atoms with Gasteiger partial charge in [0.25, 0.3) is 0 Å². The number of rotatable bonds is 15. The van der Waals surface area contributed by atoms with Gasteiger partial charge in [0.1, 0.15) is 17.6 Å². The van der Waals surface area contributed by atoms with Crippen LogP contribution in [0.2, 0.25) is 0 Å². The predicted molar refractivity (Wildman–Crippen MR) is 203 cm³/mol. The number of hydrogen-bond acceptors (Lipinski definition) is 9. The molecule has 0 radical (unpaired) electrons. The minimum atomic E-state index is -0.636. The van der Waals surface area contributed by atoms with Crippen molar-refractivity contribution in [1.82, 2.24) is 0 Å². The number of methoxy groups -OCH3 is 2. The summed E-state index contributed by atoms with van der Waals surface area (Å²) >= 11 is 0. The first kappa shape index (κ1) is 39.4. The Kier molecular flexibility index (Phi) is 14.0. The highest BCUT2D eigenvalue weighted by molar-refractivity contribution is 5.90. The minimum Gasteiger partial charge on any atom is -0.459 e. The van der Waals surface area contributed by atoms with E-state index in [1.165, 1.54) is 14.2 Å². The summed E-state index contributed by atoms with van der Waals surface area (Å²) in [5.41, 5.74) is 5.58. The van der Waals surface area contributed by atoms with E-state index in [9.17, 15) is 19.5 Å². The van der Waals surface area contributed by atoms with Gasteiger partial charge < -0.3 is 28.8 Å². The van der Waals surface area contributed by atoms with Gasteiger partial charge >= 0.3 is 17.9 Å². The molecule has 3 aromatic rings. The van der Waals surface area contributed by atoms with Crippen molar-refractivity contribution in [3.63, 3.8) is 0 Å². The normalized spacial score (nSPS) is 19.8. The molecule has 53 heavy (non-hydrogen) atoms.